The molecule has 4 nitrogen and oxygen atoms in total. The number of carbonyl (C=O) groups is 1. The number of benzene rings is 1. The van der Waals surface area contributed by atoms with E-state index < -0.39 is 0 Å². The van der Waals surface area contributed by atoms with Crippen LogP contribution in [0.1, 0.15) is 37.1 Å². The van der Waals surface area contributed by atoms with Crippen LogP contribution in [0, 0.1) is 0 Å². The zero-order valence-corrected chi connectivity index (χ0v) is 12.9. The Balaban J connectivity index is 1.61. The summed E-state index contributed by atoms with van der Waals surface area (Å²) in [5, 5.41) is 3.09. The summed E-state index contributed by atoms with van der Waals surface area (Å²) in [6.07, 6.45) is 4.46. The van der Waals surface area contributed by atoms with E-state index in [1.807, 2.05) is 42.2 Å². The van der Waals surface area contributed by atoms with Crippen molar-refractivity contribution in [3.63, 3.8) is 0 Å². The molecule has 1 fully saturated rings. The molecule has 2 aromatic rings. The number of likely N-dealkylation sites (tertiary alicyclic amines) is 1. The molecule has 1 aliphatic heterocycles. The molecule has 0 spiro atoms. The lowest BCUT2D eigenvalue weighted by atomic mass is 10.1. The van der Waals surface area contributed by atoms with Gasteiger partial charge in [-0.2, -0.15) is 0 Å². The van der Waals surface area contributed by atoms with E-state index in [0.29, 0.717) is 6.42 Å². The summed E-state index contributed by atoms with van der Waals surface area (Å²) in [6.45, 7) is 2.83. The Kier molecular flexibility index (Phi) is 4.47. The van der Waals surface area contributed by atoms with Gasteiger partial charge in [-0.1, -0.05) is 30.3 Å². The second kappa shape index (κ2) is 6.69. The highest BCUT2D eigenvalue weighted by atomic mass is 16.3. The predicted octanol–water partition coefficient (Wildman–Crippen LogP) is 3.76. The maximum Gasteiger partial charge on any atom is 0.318 e. The lowest BCUT2D eigenvalue weighted by molar-refractivity contribution is 0.189. The number of nitrogens with one attached hydrogen (secondary N) is 1. The number of carbonyl (C=O) groups excluding carboxylic acids is 1. The molecule has 116 valence electrons. The molecule has 0 unspecified atom stereocenters. The third-order valence-corrected chi connectivity index (χ3v) is 4.16. The Hall–Kier alpha value is -2.23. The molecule has 1 aromatic carbocycles. The number of urea groups is 1. The monoisotopic (exact) mass is 298 g/mol. The van der Waals surface area contributed by atoms with Crippen molar-refractivity contribution in [1.82, 2.24) is 10.2 Å². The summed E-state index contributed by atoms with van der Waals surface area (Å²) in [4.78, 5) is 14.5. The predicted molar refractivity (Wildman–Crippen MR) is 85.5 cm³/mol. The first-order chi connectivity index (χ1) is 10.7. The largest absolute Gasteiger partial charge is 0.469 e. The summed E-state index contributed by atoms with van der Waals surface area (Å²) in [7, 11) is 0. The van der Waals surface area contributed by atoms with E-state index in [-0.39, 0.29) is 18.1 Å². The minimum Gasteiger partial charge on any atom is -0.469 e. The first kappa shape index (κ1) is 14.7. The molecule has 1 N–H and O–H groups in total. The molecular formula is C18H22N2O2. The lowest BCUT2D eigenvalue weighted by Crippen LogP contribution is -2.44. The van der Waals surface area contributed by atoms with E-state index in [0.717, 1.165) is 25.1 Å². The second-order valence-corrected chi connectivity index (χ2v) is 5.90. The zero-order chi connectivity index (χ0) is 15.4. The maximum atomic E-state index is 12.6. The number of amides is 2. The van der Waals surface area contributed by atoms with Gasteiger partial charge in [0, 0.05) is 19.0 Å². The van der Waals surface area contributed by atoms with Crippen LogP contribution in [0.25, 0.3) is 0 Å². The Morgan fingerprint density at radius 3 is 2.86 bits per heavy atom. The van der Waals surface area contributed by atoms with Crippen LogP contribution in [-0.2, 0) is 6.42 Å². The standard InChI is InChI=1S/C18H22N2O2/c1-14(13-16-9-6-12-22-16)19-18(21)20-11-5-10-17(20)15-7-3-2-4-8-15/h2-4,6-9,12,14,17H,5,10-11,13H2,1H3,(H,19,21)/t14-,17+/m0/s1. The molecule has 0 aliphatic carbocycles. The fourth-order valence-corrected chi connectivity index (χ4v) is 3.11. The molecule has 4 heteroatoms. The molecule has 3 rings (SSSR count). The summed E-state index contributed by atoms with van der Waals surface area (Å²) < 4.78 is 5.34. The van der Waals surface area contributed by atoms with E-state index in [4.69, 9.17) is 4.42 Å². The van der Waals surface area contributed by atoms with Gasteiger partial charge in [-0.25, -0.2) is 4.79 Å². The summed E-state index contributed by atoms with van der Waals surface area (Å²) in [6, 6.07) is 14.3. The summed E-state index contributed by atoms with van der Waals surface area (Å²) in [5.74, 6) is 0.897. The van der Waals surface area contributed by atoms with Gasteiger partial charge in [0.25, 0.3) is 0 Å². The topological polar surface area (TPSA) is 45.5 Å². The minimum atomic E-state index is 0.0189. The summed E-state index contributed by atoms with van der Waals surface area (Å²) in [5.41, 5.74) is 1.22. The number of nitrogens with zero attached hydrogens (tertiary/aromatic N) is 1. The van der Waals surface area contributed by atoms with Gasteiger partial charge in [-0.05, 0) is 37.5 Å². The normalized spacial score (nSPS) is 19.1. The third-order valence-electron chi connectivity index (χ3n) is 4.16. The van der Waals surface area contributed by atoms with Crippen molar-refractivity contribution in [3.8, 4) is 0 Å². The molecule has 2 atom stereocenters. The van der Waals surface area contributed by atoms with Crippen LogP contribution in [0.4, 0.5) is 4.79 Å². The first-order valence-electron chi connectivity index (χ1n) is 7.88. The van der Waals surface area contributed by atoms with Crippen LogP contribution in [-0.4, -0.2) is 23.5 Å². The minimum absolute atomic E-state index is 0.0189. The van der Waals surface area contributed by atoms with Gasteiger partial charge >= 0.3 is 6.03 Å². The Bertz CT molecular complexity index is 595. The first-order valence-corrected chi connectivity index (χ1v) is 7.88. The molecule has 1 aliphatic rings. The quantitative estimate of drug-likeness (QED) is 0.934. The van der Waals surface area contributed by atoms with Crippen molar-refractivity contribution in [2.24, 2.45) is 0 Å². The van der Waals surface area contributed by atoms with Gasteiger partial charge in [-0.15, -0.1) is 0 Å². The highest BCUT2D eigenvalue weighted by molar-refractivity contribution is 5.75. The Labute approximate surface area is 131 Å². The SMILES string of the molecule is C[C@@H](Cc1ccco1)NC(=O)N1CCC[C@@H]1c1ccccc1. The van der Waals surface area contributed by atoms with Crippen molar-refractivity contribution in [2.45, 2.75) is 38.3 Å². The van der Waals surface area contributed by atoms with Crippen LogP contribution in [0.5, 0.6) is 0 Å². The zero-order valence-electron chi connectivity index (χ0n) is 12.9. The molecule has 0 saturated carbocycles. The Morgan fingerprint density at radius 1 is 1.32 bits per heavy atom. The number of hydrogen-bond donors (Lipinski definition) is 1. The fourth-order valence-electron chi connectivity index (χ4n) is 3.11. The molecule has 0 radical (unpaired) electrons. The number of furan rings is 1. The number of rotatable bonds is 4. The highest BCUT2D eigenvalue weighted by Crippen LogP contribution is 2.31. The van der Waals surface area contributed by atoms with Gasteiger partial charge in [-0.3, -0.25) is 0 Å². The van der Waals surface area contributed by atoms with Crippen LogP contribution >= 0.6 is 0 Å². The molecule has 2 heterocycles. The van der Waals surface area contributed by atoms with E-state index in [1.165, 1.54) is 5.56 Å². The van der Waals surface area contributed by atoms with E-state index >= 15 is 0 Å². The van der Waals surface area contributed by atoms with Gasteiger partial charge in [0.2, 0.25) is 0 Å². The molecule has 22 heavy (non-hydrogen) atoms. The van der Waals surface area contributed by atoms with E-state index in [1.54, 1.807) is 6.26 Å². The fraction of sp³-hybridized carbons (Fsp3) is 0.389. The average Bonchev–Trinajstić information content (AvgIpc) is 3.18. The van der Waals surface area contributed by atoms with Crippen molar-refractivity contribution in [1.29, 1.82) is 0 Å². The molecular weight excluding hydrogens is 276 g/mol. The van der Waals surface area contributed by atoms with Gasteiger partial charge in [0.15, 0.2) is 0 Å². The molecule has 1 aromatic heterocycles. The summed E-state index contributed by atoms with van der Waals surface area (Å²) >= 11 is 0. The maximum absolute atomic E-state index is 12.6. The van der Waals surface area contributed by atoms with Gasteiger partial charge in [0.05, 0.1) is 12.3 Å². The van der Waals surface area contributed by atoms with E-state index in [2.05, 4.69) is 17.4 Å². The molecule has 2 amide bonds. The second-order valence-electron chi connectivity index (χ2n) is 5.90. The molecule has 1 saturated heterocycles. The van der Waals surface area contributed by atoms with E-state index in [9.17, 15) is 4.79 Å². The van der Waals surface area contributed by atoms with Crippen LogP contribution in [0.3, 0.4) is 0 Å². The molecule has 0 bridgehead atoms. The van der Waals surface area contributed by atoms with Crippen molar-refractivity contribution >= 4 is 6.03 Å². The van der Waals surface area contributed by atoms with Crippen molar-refractivity contribution in [3.05, 3.63) is 60.1 Å². The van der Waals surface area contributed by atoms with Gasteiger partial charge < -0.3 is 14.6 Å². The third kappa shape index (κ3) is 3.32. The van der Waals surface area contributed by atoms with Crippen LogP contribution < -0.4 is 5.32 Å². The highest BCUT2D eigenvalue weighted by Gasteiger charge is 2.30. The van der Waals surface area contributed by atoms with Crippen LogP contribution in [0.2, 0.25) is 0 Å². The average molecular weight is 298 g/mol. The van der Waals surface area contributed by atoms with Crippen molar-refractivity contribution in [2.75, 3.05) is 6.54 Å². The smallest absolute Gasteiger partial charge is 0.318 e. The van der Waals surface area contributed by atoms with Crippen LogP contribution in [0.15, 0.2) is 53.1 Å². The van der Waals surface area contributed by atoms with Gasteiger partial charge in [0.1, 0.15) is 5.76 Å². The Morgan fingerprint density at radius 2 is 2.14 bits per heavy atom. The van der Waals surface area contributed by atoms with Crippen molar-refractivity contribution < 1.29 is 9.21 Å². The lowest BCUT2D eigenvalue weighted by Gasteiger charge is -2.27. The number of hydrogen-bond acceptors (Lipinski definition) is 2.